The highest BCUT2D eigenvalue weighted by atomic mass is 32.1. The Bertz CT molecular complexity index is 962. The number of nitrogens with one attached hydrogen (secondary N) is 1. The van der Waals surface area contributed by atoms with E-state index in [1.165, 1.54) is 0 Å². The summed E-state index contributed by atoms with van der Waals surface area (Å²) in [6, 6.07) is 8.35. The van der Waals surface area contributed by atoms with Crippen LogP contribution < -0.4 is 15.8 Å². The average molecular weight is 431 g/mol. The van der Waals surface area contributed by atoms with Crippen LogP contribution >= 0.6 is 11.3 Å². The maximum absolute atomic E-state index is 12.1. The molecule has 1 aromatic heterocycles. The number of carbonyl (C=O) groups is 3. The Morgan fingerprint density at radius 3 is 2.43 bits per heavy atom. The number of nitriles is 1. The van der Waals surface area contributed by atoms with Gasteiger partial charge in [0.15, 0.2) is 0 Å². The summed E-state index contributed by atoms with van der Waals surface area (Å²) in [4.78, 5) is 36.3. The smallest absolute Gasteiger partial charge is 0.348 e. The van der Waals surface area contributed by atoms with Gasteiger partial charge >= 0.3 is 11.9 Å². The first kappa shape index (κ1) is 22.7. The lowest BCUT2D eigenvalue weighted by molar-refractivity contribution is -0.143. The molecule has 9 nitrogen and oxygen atoms in total. The molecule has 158 valence electrons. The van der Waals surface area contributed by atoms with Crippen molar-refractivity contribution >= 4 is 34.2 Å². The van der Waals surface area contributed by atoms with Crippen molar-refractivity contribution in [2.24, 2.45) is 0 Å². The minimum Gasteiger partial charge on any atom is -0.494 e. The number of anilines is 1. The summed E-state index contributed by atoms with van der Waals surface area (Å²) in [5.41, 5.74) is 6.37. The molecule has 1 heterocycles. The van der Waals surface area contributed by atoms with Crippen molar-refractivity contribution in [2.45, 2.75) is 20.5 Å². The minimum absolute atomic E-state index is 0.0641. The van der Waals surface area contributed by atoms with Gasteiger partial charge in [0.05, 0.1) is 18.8 Å². The van der Waals surface area contributed by atoms with Crippen LogP contribution in [-0.4, -0.2) is 37.6 Å². The van der Waals surface area contributed by atoms with Crippen molar-refractivity contribution in [1.29, 1.82) is 5.26 Å². The molecule has 0 aliphatic heterocycles. The van der Waals surface area contributed by atoms with Crippen LogP contribution in [0, 0.1) is 11.3 Å². The molecule has 10 heteroatoms. The van der Waals surface area contributed by atoms with Gasteiger partial charge in [-0.15, -0.1) is 11.3 Å². The molecule has 0 spiro atoms. The molecule has 0 aliphatic rings. The summed E-state index contributed by atoms with van der Waals surface area (Å²) in [7, 11) is 0. The van der Waals surface area contributed by atoms with Crippen LogP contribution in [0.2, 0.25) is 0 Å². The van der Waals surface area contributed by atoms with E-state index in [2.05, 4.69) is 5.32 Å². The quantitative estimate of drug-likeness (QED) is 0.576. The lowest BCUT2D eigenvalue weighted by atomic mass is 10.1. The molecule has 0 saturated heterocycles. The third kappa shape index (κ3) is 5.71. The SMILES string of the molecule is CCOC(=O)c1sc(N)c(C#N)c1COC(=O)CNC(=O)c1ccc(OCC)cc1. The fourth-order valence-electron chi connectivity index (χ4n) is 2.43. The van der Waals surface area contributed by atoms with E-state index in [9.17, 15) is 19.6 Å². The Hall–Kier alpha value is -3.58. The standard InChI is InChI=1S/C20H21N3O6S/c1-3-27-13-7-5-12(6-8-13)19(25)23-10-16(24)29-11-15-14(9-21)18(22)30-17(15)20(26)28-4-2/h5-8H,3-4,10-11,22H2,1-2H3,(H,23,25). The molecule has 0 bridgehead atoms. The van der Waals surface area contributed by atoms with E-state index in [1.807, 2.05) is 13.0 Å². The summed E-state index contributed by atoms with van der Waals surface area (Å²) >= 11 is 0.895. The molecule has 0 unspecified atom stereocenters. The van der Waals surface area contributed by atoms with Gasteiger partial charge in [-0.1, -0.05) is 0 Å². The predicted molar refractivity (Wildman–Crippen MR) is 109 cm³/mol. The lowest BCUT2D eigenvalue weighted by Gasteiger charge is -2.08. The van der Waals surface area contributed by atoms with Gasteiger partial charge in [0.1, 0.15) is 34.8 Å². The molecule has 2 rings (SSSR count). The molecule has 0 fully saturated rings. The Morgan fingerprint density at radius 2 is 1.83 bits per heavy atom. The molecule has 3 N–H and O–H groups in total. The zero-order chi connectivity index (χ0) is 22.1. The molecular weight excluding hydrogens is 410 g/mol. The van der Waals surface area contributed by atoms with Crippen LogP contribution in [0.4, 0.5) is 5.00 Å². The second-order valence-corrected chi connectivity index (χ2v) is 6.83. The molecular formula is C20H21N3O6S. The maximum Gasteiger partial charge on any atom is 0.348 e. The number of rotatable bonds is 9. The zero-order valence-electron chi connectivity index (χ0n) is 16.5. The summed E-state index contributed by atoms with van der Waals surface area (Å²) < 4.78 is 15.4. The summed E-state index contributed by atoms with van der Waals surface area (Å²) in [5.74, 6) is -1.21. The number of hydrogen-bond acceptors (Lipinski definition) is 9. The number of carbonyl (C=O) groups excluding carboxylic acids is 3. The number of benzene rings is 1. The molecule has 0 saturated carbocycles. The van der Waals surface area contributed by atoms with E-state index in [0.717, 1.165) is 11.3 Å². The first-order valence-electron chi connectivity index (χ1n) is 9.06. The second-order valence-electron chi connectivity index (χ2n) is 5.78. The van der Waals surface area contributed by atoms with Gasteiger partial charge in [0, 0.05) is 11.1 Å². The highest BCUT2D eigenvalue weighted by Gasteiger charge is 2.24. The number of thiophene rings is 1. The summed E-state index contributed by atoms with van der Waals surface area (Å²) in [6.45, 7) is 3.43. The van der Waals surface area contributed by atoms with Gasteiger partial charge in [-0.3, -0.25) is 9.59 Å². The molecule has 0 radical (unpaired) electrons. The van der Waals surface area contributed by atoms with Crippen molar-refractivity contribution < 1.29 is 28.6 Å². The van der Waals surface area contributed by atoms with Gasteiger partial charge in [-0.25, -0.2) is 4.79 Å². The molecule has 2 aromatic rings. The van der Waals surface area contributed by atoms with Crippen molar-refractivity contribution in [3.05, 3.63) is 45.8 Å². The number of nitrogens with zero attached hydrogens (tertiary/aromatic N) is 1. The Labute approximate surface area is 177 Å². The summed E-state index contributed by atoms with van der Waals surface area (Å²) in [6.07, 6.45) is 0. The van der Waals surface area contributed by atoms with Gasteiger partial charge in [-0.05, 0) is 38.1 Å². The van der Waals surface area contributed by atoms with Crippen LogP contribution in [0.3, 0.4) is 0 Å². The number of nitrogen functional groups attached to an aromatic ring is 1. The van der Waals surface area contributed by atoms with Crippen LogP contribution in [0.5, 0.6) is 5.75 Å². The third-order valence-electron chi connectivity index (χ3n) is 3.81. The Balaban J connectivity index is 1.95. The summed E-state index contributed by atoms with van der Waals surface area (Å²) in [5, 5.41) is 11.8. The second kappa shape index (κ2) is 10.8. The Morgan fingerprint density at radius 1 is 1.13 bits per heavy atom. The molecule has 0 aliphatic carbocycles. The fraction of sp³-hybridized carbons (Fsp3) is 0.300. The van der Waals surface area contributed by atoms with Gasteiger partial charge in [0.25, 0.3) is 5.91 Å². The van der Waals surface area contributed by atoms with Crippen molar-refractivity contribution in [2.75, 3.05) is 25.5 Å². The predicted octanol–water partition coefficient (Wildman–Crippen LogP) is 2.25. The van der Waals surface area contributed by atoms with Crippen LogP contribution in [0.15, 0.2) is 24.3 Å². The zero-order valence-corrected chi connectivity index (χ0v) is 17.3. The lowest BCUT2D eigenvalue weighted by Crippen LogP contribution is -2.30. The van der Waals surface area contributed by atoms with E-state index < -0.39 is 17.8 Å². The van der Waals surface area contributed by atoms with E-state index in [0.29, 0.717) is 17.9 Å². The van der Waals surface area contributed by atoms with Crippen LogP contribution in [-0.2, 0) is 20.9 Å². The average Bonchev–Trinajstić information content (AvgIpc) is 3.06. The minimum atomic E-state index is -0.738. The fourth-order valence-corrected chi connectivity index (χ4v) is 3.35. The van der Waals surface area contributed by atoms with E-state index >= 15 is 0 Å². The van der Waals surface area contributed by atoms with Crippen molar-refractivity contribution in [1.82, 2.24) is 5.32 Å². The monoisotopic (exact) mass is 431 g/mol. The highest BCUT2D eigenvalue weighted by molar-refractivity contribution is 7.18. The van der Waals surface area contributed by atoms with Crippen molar-refractivity contribution in [3.63, 3.8) is 0 Å². The molecule has 30 heavy (non-hydrogen) atoms. The Kier molecular flexibility index (Phi) is 8.19. The molecule has 1 amide bonds. The first-order valence-corrected chi connectivity index (χ1v) is 9.87. The van der Waals surface area contributed by atoms with Crippen LogP contribution in [0.25, 0.3) is 0 Å². The van der Waals surface area contributed by atoms with Crippen molar-refractivity contribution in [3.8, 4) is 11.8 Å². The van der Waals surface area contributed by atoms with Crippen LogP contribution in [0.1, 0.15) is 45.0 Å². The number of nitrogens with two attached hydrogens (primary N) is 1. The molecule has 0 atom stereocenters. The van der Waals surface area contributed by atoms with Gasteiger partial charge in [-0.2, -0.15) is 5.26 Å². The van der Waals surface area contributed by atoms with E-state index in [-0.39, 0.29) is 40.8 Å². The number of hydrogen-bond donors (Lipinski definition) is 2. The maximum atomic E-state index is 12.1. The number of amides is 1. The normalized spacial score (nSPS) is 10.0. The topological polar surface area (TPSA) is 141 Å². The largest absolute Gasteiger partial charge is 0.494 e. The van der Waals surface area contributed by atoms with Gasteiger partial charge < -0.3 is 25.3 Å². The highest BCUT2D eigenvalue weighted by Crippen LogP contribution is 2.31. The van der Waals surface area contributed by atoms with E-state index in [1.54, 1.807) is 31.2 Å². The number of esters is 2. The van der Waals surface area contributed by atoms with E-state index in [4.69, 9.17) is 19.9 Å². The first-order chi connectivity index (χ1) is 14.4. The van der Waals surface area contributed by atoms with Gasteiger partial charge in [0.2, 0.25) is 0 Å². The number of ether oxygens (including phenoxy) is 3. The third-order valence-corrected chi connectivity index (χ3v) is 4.85. The molecule has 1 aromatic carbocycles.